The molecule has 3 rings (SSSR count). The fourth-order valence-electron chi connectivity index (χ4n) is 2.65. The smallest absolute Gasteiger partial charge is 0.246 e. The van der Waals surface area contributed by atoms with Crippen LogP contribution in [-0.2, 0) is 4.79 Å². The number of thiophene rings is 1. The lowest BCUT2D eigenvalue weighted by molar-refractivity contribution is -0.126. The van der Waals surface area contributed by atoms with E-state index in [-0.39, 0.29) is 5.91 Å². The number of anilines is 1. The van der Waals surface area contributed by atoms with Crippen LogP contribution in [0.25, 0.3) is 6.08 Å². The summed E-state index contributed by atoms with van der Waals surface area (Å²) < 4.78 is 0. The normalized spacial score (nSPS) is 15.5. The van der Waals surface area contributed by atoms with Crippen molar-refractivity contribution >= 4 is 29.0 Å². The van der Waals surface area contributed by atoms with E-state index in [1.165, 1.54) is 11.3 Å². The molecule has 0 N–H and O–H groups in total. The Balaban J connectivity index is 1.56. The number of hydrogen-bond donors (Lipinski definition) is 0. The molecule has 1 aromatic carbocycles. The van der Waals surface area contributed by atoms with Gasteiger partial charge in [-0.05, 0) is 42.1 Å². The van der Waals surface area contributed by atoms with Gasteiger partial charge in [0.25, 0.3) is 0 Å². The van der Waals surface area contributed by atoms with E-state index >= 15 is 0 Å². The van der Waals surface area contributed by atoms with Gasteiger partial charge in [-0.1, -0.05) is 18.2 Å². The van der Waals surface area contributed by atoms with Gasteiger partial charge in [-0.25, -0.2) is 0 Å². The van der Waals surface area contributed by atoms with E-state index in [2.05, 4.69) is 36.1 Å². The Morgan fingerprint density at radius 1 is 1.14 bits per heavy atom. The summed E-state index contributed by atoms with van der Waals surface area (Å²) in [5.41, 5.74) is 2.52. The molecule has 1 aliphatic rings. The van der Waals surface area contributed by atoms with Crippen LogP contribution in [0.2, 0.25) is 0 Å². The second kappa shape index (κ2) is 6.79. The monoisotopic (exact) mass is 312 g/mol. The first-order chi connectivity index (χ1) is 10.7. The number of carbonyl (C=O) groups is 1. The van der Waals surface area contributed by atoms with Gasteiger partial charge in [0.2, 0.25) is 5.91 Å². The number of nitrogens with zero attached hydrogens (tertiary/aromatic N) is 2. The molecule has 1 amide bonds. The molecule has 1 saturated heterocycles. The van der Waals surface area contributed by atoms with Crippen LogP contribution in [0.4, 0.5) is 5.69 Å². The van der Waals surface area contributed by atoms with Gasteiger partial charge in [0.1, 0.15) is 0 Å². The quantitative estimate of drug-likeness (QED) is 0.811. The van der Waals surface area contributed by atoms with Crippen LogP contribution in [-0.4, -0.2) is 37.0 Å². The number of rotatable bonds is 3. The van der Waals surface area contributed by atoms with Gasteiger partial charge in [0.05, 0.1) is 0 Å². The molecular formula is C18H20N2OS. The third kappa shape index (κ3) is 3.57. The van der Waals surface area contributed by atoms with Gasteiger partial charge >= 0.3 is 0 Å². The Morgan fingerprint density at radius 3 is 2.64 bits per heavy atom. The largest absolute Gasteiger partial charge is 0.368 e. The minimum Gasteiger partial charge on any atom is -0.368 e. The topological polar surface area (TPSA) is 23.6 Å². The van der Waals surface area contributed by atoms with Gasteiger partial charge in [0.15, 0.2) is 0 Å². The van der Waals surface area contributed by atoms with Gasteiger partial charge in [-0.3, -0.25) is 4.79 Å². The number of aryl methyl sites for hydroxylation is 1. The summed E-state index contributed by atoms with van der Waals surface area (Å²) in [6, 6.07) is 12.6. The number of benzene rings is 1. The zero-order valence-electron chi connectivity index (χ0n) is 12.7. The van der Waals surface area contributed by atoms with Crippen molar-refractivity contribution in [2.24, 2.45) is 0 Å². The van der Waals surface area contributed by atoms with Gasteiger partial charge < -0.3 is 9.80 Å². The molecule has 1 aromatic heterocycles. The van der Waals surface area contributed by atoms with E-state index in [0.717, 1.165) is 31.1 Å². The van der Waals surface area contributed by atoms with Crippen molar-refractivity contribution in [3.05, 3.63) is 58.3 Å². The highest BCUT2D eigenvalue weighted by Crippen LogP contribution is 2.18. The minimum absolute atomic E-state index is 0.109. The summed E-state index contributed by atoms with van der Waals surface area (Å²) in [6.07, 6.45) is 3.59. The van der Waals surface area contributed by atoms with Crippen LogP contribution in [0, 0.1) is 6.92 Å². The van der Waals surface area contributed by atoms with Crippen LogP contribution in [0.5, 0.6) is 0 Å². The summed E-state index contributed by atoms with van der Waals surface area (Å²) >= 11 is 1.64. The minimum atomic E-state index is 0.109. The lowest BCUT2D eigenvalue weighted by atomic mass is 10.2. The third-order valence-electron chi connectivity index (χ3n) is 3.89. The lowest BCUT2D eigenvalue weighted by Gasteiger charge is -2.35. The third-order valence-corrected chi connectivity index (χ3v) is 4.73. The average molecular weight is 312 g/mol. The molecule has 1 aliphatic heterocycles. The molecule has 114 valence electrons. The molecular weight excluding hydrogens is 292 g/mol. The predicted molar refractivity (Wildman–Crippen MR) is 93.3 cm³/mol. The number of piperazine rings is 1. The summed E-state index contributed by atoms with van der Waals surface area (Å²) in [4.78, 5) is 17.6. The van der Waals surface area contributed by atoms with E-state index in [4.69, 9.17) is 0 Å². The zero-order chi connectivity index (χ0) is 15.4. The van der Waals surface area contributed by atoms with E-state index in [0.29, 0.717) is 0 Å². The fourth-order valence-corrected chi connectivity index (χ4v) is 3.27. The van der Waals surface area contributed by atoms with Crippen molar-refractivity contribution in [1.82, 2.24) is 4.90 Å². The molecule has 4 heteroatoms. The van der Waals surface area contributed by atoms with Gasteiger partial charge in [0, 0.05) is 42.8 Å². The van der Waals surface area contributed by atoms with Crippen molar-refractivity contribution in [3.8, 4) is 0 Å². The molecule has 0 radical (unpaired) electrons. The molecule has 22 heavy (non-hydrogen) atoms. The molecule has 2 aromatic rings. The van der Waals surface area contributed by atoms with Crippen molar-refractivity contribution < 1.29 is 4.79 Å². The second-order valence-corrected chi connectivity index (χ2v) is 6.48. The summed E-state index contributed by atoms with van der Waals surface area (Å²) in [5.74, 6) is 0.109. The van der Waals surface area contributed by atoms with Gasteiger partial charge in [-0.15, -0.1) is 11.3 Å². The maximum Gasteiger partial charge on any atom is 0.246 e. The second-order valence-electron chi connectivity index (χ2n) is 5.50. The lowest BCUT2D eigenvalue weighted by Crippen LogP contribution is -2.48. The van der Waals surface area contributed by atoms with E-state index in [9.17, 15) is 4.79 Å². The summed E-state index contributed by atoms with van der Waals surface area (Å²) in [5, 5.41) is 2.02. The summed E-state index contributed by atoms with van der Waals surface area (Å²) in [6.45, 7) is 5.45. The highest BCUT2D eigenvalue weighted by molar-refractivity contribution is 7.10. The Kier molecular flexibility index (Phi) is 4.59. The first-order valence-electron chi connectivity index (χ1n) is 7.54. The first kappa shape index (κ1) is 14.9. The molecule has 0 spiro atoms. The average Bonchev–Trinajstić information content (AvgIpc) is 3.06. The van der Waals surface area contributed by atoms with Crippen molar-refractivity contribution in [1.29, 1.82) is 0 Å². The van der Waals surface area contributed by atoms with E-state index in [1.807, 2.05) is 28.5 Å². The highest BCUT2D eigenvalue weighted by atomic mass is 32.1. The predicted octanol–water partition coefficient (Wildman–Crippen LogP) is 3.42. The van der Waals surface area contributed by atoms with E-state index in [1.54, 1.807) is 17.4 Å². The molecule has 0 atom stereocenters. The molecule has 1 fully saturated rings. The Bertz CT molecular complexity index is 655. The number of hydrogen-bond acceptors (Lipinski definition) is 3. The van der Waals surface area contributed by atoms with Crippen LogP contribution < -0.4 is 4.90 Å². The zero-order valence-corrected chi connectivity index (χ0v) is 13.6. The van der Waals surface area contributed by atoms with Crippen molar-refractivity contribution in [3.63, 3.8) is 0 Å². The van der Waals surface area contributed by atoms with Gasteiger partial charge in [-0.2, -0.15) is 0 Å². The van der Waals surface area contributed by atoms with Crippen LogP contribution >= 0.6 is 11.3 Å². The maximum atomic E-state index is 12.2. The fraction of sp³-hybridized carbons (Fsp3) is 0.278. The Morgan fingerprint density at radius 2 is 1.95 bits per heavy atom. The molecule has 0 unspecified atom stereocenters. The van der Waals surface area contributed by atoms with Crippen molar-refractivity contribution in [2.45, 2.75) is 6.92 Å². The molecule has 0 aliphatic carbocycles. The van der Waals surface area contributed by atoms with Crippen LogP contribution in [0.15, 0.2) is 47.9 Å². The highest BCUT2D eigenvalue weighted by Gasteiger charge is 2.19. The first-order valence-corrected chi connectivity index (χ1v) is 8.42. The number of carbonyl (C=O) groups excluding carboxylic acids is 1. The number of amides is 1. The molecule has 0 bridgehead atoms. The van der Waals surface area contributed by atoms with E-state index < -0.39 is 0 Å². The molecule has 0 saturated carbocycles. The maximum absolute atomic E-state index is 12.2. The summed E-state index contributed by atoms with van der Waals surface area (Å²) in [7, 11) is 0. The Hall–Kier alpha value is -2.07. The SMILES string of the molecule is Cc1cccc(N2CCN(C(=O)/C=C/c3cccs3)CC2)c1. The van der Waals surface area contributed by atoms with Crippen LogP contribution in [0.1, 0.15) is 10.4 Å². The molecule has 2 heterocycles. The van der Waals surface area contributed by atoms with Crippen LogP contribution in [0.3, 0.4) is 0 Å². The standard InChI is InChI=1S/C18H20N2OS/c1-15-4-2-5-16(14-15)19-9-11-20(12-10-19)18(21)8-7-17-6-3-13-22-17/h2-8,13-14H,9-12H2,1H3/b8-7+. The Labute approximate surface area is 135 Å². The van der Waals surface area contributed by atoms with Crippen molar-refractivity contribution in [2.75, 3.05) is 31.1 Å². The molecule has 3 nitrogen and oxygen atoms in total.